The highest BCUT2D eigenvalue weighted by Gasteiger charge is 2.16. The predicted octanol–water partition coefficient (Wildman–Crippen LogP) is 11.8. The lowest BCUT2D eigenvalue weighted by Gasteiger charge is -2.26. The Morgan fingerprint density at radius 2 is 1.07 bits per heavy atom. The van der Waals surface area contributed by atoms with Gasteiger partial charge in [-0.1, -0.05) is 88.8 Å². The molecule has 0 saturated heterocycles. The lowest BCUT2D eigenvalue weighted by atomic mass is 10.1. The van der Waals surface area contributed by atoms with E-state index in [-0.39, 0.29) is 0 Å². The lowest BCUT2D eigenvalue weighted by Crippen LogP contribution is -2.10. The maximum absolute atomic E-state index is 11.8. The molecule has 5 aromatic rings. The second-order valence-electron chi connectivity index (χ2n) is 11.1. The summed E-state index contributed by atoms with van der Waals surface area (Å²) in [7, 11) is 0. The van der Waals surface area contributed by atoms with Gasteiger partial charge in [0.15, 0.2) is 6.29 Å². The lowest BCUT2D eigenvalue weighted by molar-refractivity contribution is 0.112. The molecule has 0 radical (unpaired) electrons. The minimum atomic E-state index is 0.744. The molecule has 44 heavy (non-hydrogen) atoms. The highest BCUT2D eigenvalue weighted by Crippen LogP contribution is 2.41. The smallest absolute Gasteiger partial charge is 0.160 e. The minimum Gasteiger partial charge on any atom is -0.494 e. The molecule has 0 aliphatic carbocycles. The van der Waals surface area contributed by atoms with Gasteiger partial charge in [0.1, 0.15) is 11.5 Å². The summed E-state index contributed by atoms with van der Waals surface area (Å²) >= 11 is 1.55. The van der Waals surface area contributed by atoms with Gasteiger partial charge in [0.2, 0.25) is 0 Å². The van der Waals surface area contributed by atoms with E-state index in [1.807, 2.05) is 18.2 Å². The molecular formula is C39H43NO3S. The maximum Gasteiger partial charge on any atom is 0.160 e. The number of anilines is 3. The van der Waals surface area contributed by atoms with E-state index in [2.05, 4.69) is 97.6 Å². The molecule has 1 aromatic heterocycles. The maximum atomic E-state index is 11.8. The molecule has 0 aliphatic rings. The van der Waals surface area contributed by atoms with Crippen LogP contribution in [0.15, 0.2) is 97.1 Å². The average molecular weight is 606 g/mol. The Bertz CT molecular complexity index is 1530. The fourth-order valence-electron chi connectivity index (χ4n) is 5.45. The van der Waals surface area contributed by atoms with Gasteiger partial charge in [0.25, 0.3) is 0 Å². The second-order valence-corrected chi connectivity index (χ2v) is 12.2. The van der Waals surface area contributed by atoms with Crippen molar-refractivity contribution in [3.63, 3.8) is 0 Å². The fourth-order valence-corrected chi connectivity index (χ4v) is 6.55. The number of rotatable bonds is 17. The number of aldehydes is 1. The summed E-state index contributed by atoms with van der Waals surface area (Å²) < 4.78 is 12.1. The van der Waals surface area contributed by atoms with Gasteiger partial charge in [-0.05, 0) is 79.1 Å². The van der Waals surface area contributed by atoms with Crippen molar-refractivity contribution in [2.24, 2.45) is 0 Å². The molecule has 1 heterocycles. The van der Waals surface area contributed by atoms with Gasteiger partial charge in [0, 0.05) is 32.7 Å². The van der Waals surface area contributed by atoms with E-state index < -0.39 is 0 Å². The summed E-state index contributed by atoms with van der Waals surface area (Å²) in [5.74, 6) is 1.78. The molecule has 0 N–H and O–H groups in total. The standard InChI is InChI=1S/C39H43NO3S/c1-3-5-7-11-27-42-34-23-19-32(20-24-34)40(33-21-25-35(26-22-33)43-28-12-8-6-4-2)31-17-15-30(16-18-31)39-37-14-10-9-13-36(37)38(29-41)44-39/h9-10,13-26,29H,3-8,11-12,27-28H2,1-2H3. The molecule has 0 bridgehead atoms. The largest absolute Gasteiger partial charge is 0.494 e. The molecule has 5 heteroatoms. The van der Waals surface area contributed by atoms with Crippen molar-refractivity contribution in [1.29, 1.82) is 0 Å². The van der Waals surface area contributed by atoms with Crippen LogP contribution in [0.3, 0.4) is 0 Å². The topological polar surface area (TPSA) is 38.8 Å². The van der Waals surface area contributed by atoms with Gasteiger partial charge in [-0.15, -0.1) is 11.3 Å². The molecule has 0 saturated carbocycles. The van der Waals surface area contributed by atoms with Crippen molar-refractivity contribution >= 4 is 45.5 Å². The molecule has 0 amide bonds. The summed E-state index contributed by atoms with van der Waals surface area (Å²) in [4.78, 5) is 15.9. The molecule has 0 spiro atoms. The van der Waals surface area contributed by atoms with E-state index in [0.29, 0.717) is 0 Å². The van der Waals surface area contributed by atoms with Crippen LogP contribution in [0, 0.1) is 0 Å². The number of hydrogen-bond acceptors (Lipinski definition) is 5. The fraction of sp³-hybridized carbons (Fsp3) is 0.308. The summed E-state index contributed by atoms with van der Waals surface area (Å²) in [5.41, 5.74) is 4.25. The first-order valence-electron chi connectivity index (χ1n) is 16.0. The monoisotopic (exact) mass is 605 g/mol. The molecule has 0 fully saturated rings. The Hall–Kier alpha value is -4.09. The van der Waals surface area contributed by atoms with Gasteiger partial charge < -0.3 is 14.4 Å². The van der Waals surface area contributed by atoms with E-state index in [9.17, 15) is 4.79 Å². The number of fused-ring (bicyclic) bond motifs is 1. The zero-order valence-corrected chi connectivity index (χ0v) is 26.8. The van der Waals surface area contributed by atoms with Crippen LogP contribution < -0.4 is 14.4 Å². The SMILES string of the molecule is CCCCCCOc1ccc(N(c2ccc(OCCCCCC)cc2)c2ccc(-c3sc(C=O)c4ccccc34)cc2)cc1. The Labute approximate surface area is 266 Å². The third-order valence-electron chi connectivity index (χ3n) is 7.87. The molecule has 0 aliphatic heterocycles. The number of ether oxygens (including phenoxy) is 2. The van der Waals surface area contributed by atoms with Gasteiger partial charge >= 0.3 is 0 Å². The number of benzene rings is 4. The van der Waals surface area contributed by atoms with Crippen LogP contribution in [0.2, 0.25) is 0 Å². The van der Waals surface area contributed by atoms with Gasteiger partial charge in [-0.25, -0.2) is 0 Å². The first-order chi connectivity index (χ1) is 21.7. The first kappa shape index (κ1) is 31.3. The Morgan fingerprint density at radius 1 is 0.591 bits per heavy atom. The van der Waals surface area contributed by atoms with E-state index >= 15 is 0 Å². The predicted molar refractivity (Wildman–Crippen MR) is 187 cm³/mol. The molecular weight excluding hydrogens is 563 g/mol. The third kappa shape index (κ3) is 7.89. The minimum absolute atomic E-state index is 0.744. The molecule has 5 rings (SSSR count). The number of carbonyl (C=O) groups excluding carboxylic acids is 1. The van der Waals surface area contributed by atoms with Gasteiger partial charge in [-0.2, -0.15) is 0 Å². The summed E-state index contributed by atoms with van der Waals surface area (Å²) in [6, 6.07) is 33.5. The summed E-state index contributed by atoms with van der Waals surface area (Å²) in [5, 5.41) is 2.12. The van der Waals surface area contributed by atoms with Crippen molar-refractivity contribution in [1.82, 2.24) is 0 Å². The Balaban J connectivity index is 1.40. The molecule has 4 aromatic carbocycles. The van der Waals surface area contributed by atoms with Crippen LogP contribution >= 0.6 is 11.3 Å². The van der Waals surface area contributed by atoms with Crippen molar-refractivity contribution in [2.75, 3.05) is 18.1 Å². The number of nitrogens with zero attached hydrogens (tertiary/aromatic N) is 1. The van der Waals surface area contributed by atoms with Crippen molar-refractivity contribution in [2.45, 2.75) is 65.2 Å². The number of carbonyl (C=O) groups is 1. The number of thiophene rings is 1. The van der Waals surface area contributed by atoms with Gasteiger partial charge in [-0.3, -0.25) is 4.79 Å². The van der Waals surface area contributed by atoms with Crippen LogP contribution in [0.4, 0.5) is 17.1 Å². The zero-order valence-electron chi connectivity index (χ0n) is 26.0. The normalized spacial score (nSPS) is 11.0. The van der Waals surface area contributed by atoms with Crippen LogP contribution in [0.1, 0.15) is 74.9 Å². The van der Waals surface area contributed by atoms with E-state index in [4.69, 9.17) is 9.47 Å². The molecule has 0 atom stereocenters. The molecule has 4 nitrogen and oxygen atoms in total. The molecule has 228 valence electrons. The average Bonchev–Trinajstić information content (AvgIpc) is 3.45. The van der Waals surface area contributed by atoms with Crippen LogP contribution in [0.25, 0.3) is 21.2 Å². The van der Waals surface area contributed by atoms with Crippen molar-refractivity contribution < 1.29 is 14.3 Å². The van der Waals surface area contributed by atoms with E-state index in [1.54, 1.807) is 11.3 Å². The van der Waals surface area contributed by atoms with E-state index in [1.165, 1.54) is 38.5 Å². The highest BCUT2D eigenvalue weighted by atomic mass is 32.1. The quantitative estimate of drug-likeness (QED) is 0.0781. The summed E-state index contributed by atoms with van der Waals surface area (Å²) in [6.45, 7) is 5.94. The zero-order chi connectivity index (χ0) is 30.6. The second kappa shape index (κ2) is 16.1. The van der Waals surface area contributed by atoms with Crippen LogP contribution in [0.5, 0.6) is 11.5 Å². The number of unbranched alkanes of at least 4 members (excludes halogenated alkanes) is 6. The van der Waals surface area contributed by atoms with Crippen molar-refractivity contribution in [3.8, 4) is 21.9 Å². The third-order valence-corrected chi connectivity index (χ3v) is 9.06. The Kier molecular flexibility index (Phi) is 11.5. The Morgan fingerprint density at radius 3 is 1.55 bits per heavy atom. The molecule has 0 unspecified atom stereocenters. The first-order valence-corrected chi connectivity index (χ1v) is 16.9. The van der Waals surface area contributed by atoms with Crippen molar-refractivity contribution in [3.05, 3.63) is 102 Å². The van der Waals surface area contributed by atoms with Crippen LogP contribution in [-0.4, -0.2) is 19.5 Å². The van der Waals surface area contributed by atoms with Gasteiger partial charge in [0.05, 0.1) is 18.1 Å². The highest BCUT2D eigenvalue weighted by molar-refractivity contribution is 7.19. The summed E-state index contributed by atoms with van der Waals surface area (Å²) in [6.07, 6.45) is 10.5. The number of hydrogen-bond donors (Lipinski definition) is 0. The van der Waals surface area contributed by atoms with E-state index in [0.717, 1.165) is 87.0 Å². The van der Waals surface area contributed by atoms with Crippen LogP contribution in [-0.2, 0) is 0 Å².